The van der Waals surface area contributed by atoms with Gasteiger partial charge < -0.3 is 5.32 Å². The number of hydrogen-bond acceptors (Lipinski definition) is 2. The molecule has 0 radical (unpaired) electrons. The molecule has 1 nitrogen and oxygen atoms in total. The summed E-state index contributed by atoms with van der Waals surface area (Å²) in [5.74, 6) is 1.21. The van der Waals surface area contributed by atoms with E-state index >= 15 is 0 Å². The fraction of sp³-hybridized carbons (Fsp3) is 0.250. The lowest BCUT2D eigenvalue weighted by Crippen LogP contribution is -2.03. The van der Waals surface area contributed by atoms with Crippen LogP contribution >= 0.6 is 11.8 Å². The Morgan fingerprint density at radius 3 is 2.44 bits per heavy atom. The van der Waals surface area contributed by atoms with Crippen molar-refractivity contribution in [3.63, 3.8) is 0 Å². The van der Waals surface area contributed by atoms with Crippen molar-refractivity contribution in [2.24, 2.45) is 0 Å². The molecule has 0 spiro atoms. The maximum atomic E-state index is 3.53. The van der Waals surface area contributed by atoms with Crippen LogP contribution in [0.25, 0.3) is 11.1 Å². The van der Waals surface area contributed by atoms with Crippen molar-refractivity contribution in [1.29, 1.82) is 0 Å². The summed E-state index contributed by atoms with van der Waals surface area (Å²) in [6.45, 7) is 1.03. The fourth-order valence-electron chi connectivity index (χ4n) is 1.95. The van der Waals surface area contributed by atoms with Crippen LogP contribution in [0.3, 0.4) is 0 Å². The second kappa shape index (κ2) is 7.12. The summed E-state index contributed by atoms with van der Waals surface area (Å²) in [6.07, 6.45) is 3.35. The van der Waals surface area contributed by atoms with Crippen LogP contribution in [0.2, 0.25) is 0 Å². The molecular formula is C16H19NS. The van der Waals surface area contributed by atoms with Crippen molar-refractivity contribution < 1.29 is 0 Å². The second-order valence-electron chi connectivity index (χ2n) is 4.18. The van der Waals surface area contributed by atoms with E-state index in [-0.39, 0.29) is 0 Å². The van der Waals surface area contributed by atoms with Gasteiger partial charge in [0.05, 0.1) is 0 Å². The predicted molar refractivity (Wildman–Crippen MR) is 83.4 cm³/mol. The Morgan fingerprint density at radius 1 is 0.944 bits per heavy atom. The van der Waals surface area contributed by atoms with Crippen LogP contribution in [0.4, 0.5) is 5.69 Å². The van der Waals surface area contributed by atoms with Gasteiger partial charge in [-0.3, -0.25) is 0 Å². The Hall–Kier alpha value is -1.41. The molecule has 0 aliphatic rings. The molecule has 0 aliphatic heterocycles. The molecule has 18 heavy (non-hydrogen) atoms. The molecule has 0 unspecified atom stereocenters. The van der Waals surface area contributed by atoms with Crippen molar-refractivity contribution in [3.8, 4) is 11.1 Å². The lowest BCUT2D eigenvalue weighted by molar-refractivity contribution is 0.994. The molecule has 0 saturated carbocycles. The molecule has 2 heteroatoms. The molecule has 0 amide bonds. The zero-order chi connectivity index (χ0) is 12.6. The minimum absolute atomic E-state index is 1.03. The third-order valence-corrected chi connectivity index (χ3v) is 3.55. The molecule has 0 aliphatic carbocycles. The van der Waals surface area contributed by atoms with Crippen LogP contribution in [-0.2, 0) is 0 Å². The molecule has 1 N–H and O–H groups in total. The van der Waals surface area contributed by atoms with Crippen LogP contribution < -0.4 is 5.32 Å². The van der Waals surface area contributed by atoms with Gasteiger partial charge in [-0.2, -0.15) is 11.8 Å². The molecule has 0 fully saturated rings. The quantitative estimate of drug-likeness (QED) is 0.764. The summed E-state index contributed by atoms with van der Waals surface area (Å²) < 4.78 is 0. The predicted octanol–water partition coefficient (Wildman–Crippen LogP) is 4.52. The third kappa shape index (κ3) is 3.54. The van der Waals surface area contributed by atoms with Gasteiger partial charge in [0, 0.05) is 17.8 Å². The zero-order valence-electron chi connectivity index (χ0n) is 10.7. The number of benzene rings is 2. The van der Waals surface area contributed by atoms with Crippen molar-refractivity contribution in [3.05, 3.63) is 54.6 Å². The highest BCUT2D eigenvalue weighted by molar-refractivity contribution is 7.98. The van der Waals surface area contributed by atoms with E-state index in [4.69, 9.17) is 0 Å². The normalized spacial score (nSPS) is 10.3. The van der Waals surface area contributed by atoms with E-state index in [0.29, 0.717) is 0 Å². The van der Waals surface area contributed by atoms with Crippen molar-refractivity contribution in [2.75, 3.05) is 23.9 Å². The number of hydrogen-bond donors (Lipinski definition) is 1. The summed E-state index contributed by atoms with van der Waals surface area (Å²) in [5, 5.41) is 3.53. The van der Waals surface area contributed by atoms with Gasteiger partial charge in [0.1, 0.15) is 0 Å². The summed E-state index contributed by atoms with van der Waals surface area (Å²) in [7, 11) is 0. The highest BCUT2D eigenvalue weighted by Crippen LogP contribution is 2.27. The van der Waals surface area contributed by atoms with Gasteiger partial charge >= 0.3 is 0 Å². The summed E-state index contributed by atoms with van der Waals surface area (Å²) in [4.78, 5) is 0. The van der Waals surface area contributed by atoms with Gasteiger partial charge in [0.15, 0.2) is 0 Å². The highest BCUT2D eigenvalue weighted by atomic mass is 32.2. The maximum Gasteiger partial charge on any atom is 0.0419 e. The lowest BCUT2D eigenvalue weighted by atomic mass is 10.0. The van der Waals surface area contributed by atoms with Crippen molar-refractivity contribution >= 4 is 17.4 Å². The summed E-state index contributed by atoms with van der Waals surface area (Å²) in [6, 6.07) is 19.0. The Labute approximate surface area is 114 Å². The standard InChI is InChI=1S/C16H19NS/c1-18-13-7-12-17-16-11-6-5-10-15(16)14-8-3-2-4-9-14/h2-6,8-11,17H,7,12-13H2,1H3. The zero-order valence-corrected chi connectivity index (χ0v) is 11.5. The Kier molecular flexibility index (Phi) is 5.15. The first-order valence-electron chi connectivity index (χ1n) is 6.29. The van der Waals surface area contributed by atoms with Crippen LogP contribution in [-0.4, -0.2) is 18.6 Å². The van der Waals surface area contributed by atoms with Crippen molar-refractivity contribution in [1.82, 2.24) is 0 Å². The largest absolute Gasteiger partial charge is 0.385 e. The second-order valence-corrected chi connectivity index (χ2v) is 5.17. The van der Waals surface area contributed by atoms with E-state index in [1.165, 1.54) is 29.0 Å². The molecule has 0 aromatic heterocycles. The third-order valence-electron chi connectivity index (χ3n) is 2.85. The number of anilines is 1. The van der Waals surface area contributed by atoms with Gasteiger partial charge in [-0.15, -0.1) is 0 Å². The van der Waals surface area contributed by atoms with E-state index in [1.807, 2.05) is 11.8 Å². The molecule has 2 aromatic carbocycles. The fourth-order valence-corrected chi connectivity index (χ4v) is 2.38. The Balaban J connectivity index is 2.11. The summed E-state index contributed by atoms with van der Waals surface area (Å²) >= 11 is 1.90. The van der Waals surface area contributed by atoms with Crippen LogP contribution in [0.15, 0.2) is 54.6 Å². The first-order valence-corrected chi connectivity index (χ1v) is 7.68. The molecule has 94 valence electrons. The average Bonchev–Trinajstić information content (AvgIpc) is 2.45. The molecule has 2 rings (SSSR count). The highest BCUT2D eigenvalue weighted by Gasteiger charge is 2.02. The number of rotatable bonds is 6. The first kappa shape index (κ1) is 13.0. The SMILES string of the molecule is CSCCCNc1ccccc1-c1ccccc1. The topological polar surface area (TPSA) is 12.0 Å². The van der Waals surface area contributed by atoms with Crippen LogP contribution in [0.5, 0.6) is 0 Å². The molecule has 0 bridgehead atoms. The Bertz CT molecular complexity index is 468. The van der Waals surface area contributed by atoms with Gasteiger partial charge in [-0.25, -0.2) is 0 Å². The smallest absolute Gasteiger partial charge is 0.0419 e. The maximum absolute atomic E-state index is 3.53. The molecule has 2 aromatic rings. The number of thioether (sulfide) groups is 1. The molecule has 0 heterocycles. The first-order chi connectivity index (χ1) is 8.92. The van der Waals surface area contributed by atoms with Gasteiger partial charge in [-0.1, -0.05) is 48.5 Å². The number of nitrogens with one attached hydrogen (secondary N) is 1. The van der Waals surface area contributed by atoms with E-state index in [1.54, 1.807) is 0 Å². The minimum Gasteiger partial charge on any atom is -0.385 e. The van der Waals surface area contributed by atoms with Crippen LogP contribution in [0.1, 0.15) is 6.42 Å². The average molecular weight is 257 g/mol. The molecule has 0 atom stereocenters. The van der Waals surface area contributed by atoms with E-state index < -0.39 is 0 Å². The minimum atomic E-state index is 1.03. The van der Waals surface area contributed by atoms with Gasteiger partial charge in [-0.05, 0) is 30.1 Å². The van der Waals surface area contributed by atoms with Gasteiger partial charge in [0.25, 0.3) is 0 Å². The monoisotopic (exact) mass is 257 g/mol. The molecule has 0 saturated heterocycles. The van der Waals surface area contributed by atoms with Crippen molar-refractivity contribution in [2.45, 2.75) is 6.42 Å². The Morgan fingerprint density at radius 2 is 1.67 bits per heavy atom. The van der Waals surface area contributed by atoms with Gasteiger partial charge in [0.2, 0.25) is 0 Å². The van der Waals surface area contributed by atoms with Crippen LogP contribution in [0, 0.1) is 0 Å². The molecular weight excluding hydrogens is 238 g/mol. The van der Waals surface area contributed by atoms with E-state index in [9.17, 15) is 0 Å². The number of para-hydroxylation sites is 1. The van der Waals surface area contributed by atoms with E-state index in [2.05, 4.69) is 66.2 Å². The van der Waals surface area contributed by atoms with E-state index in [0.717, 1.165) is 6.54 Å². The summed E-state index contributed by atoms with van der Waals surface area (Å²) in [5.41, 5.74) is 3.78. The lowest BCUT2D eigenvalue weighted by Gasteiger charge is -2.11.